The molecule has 1 aromatic heterocycles. The van der Waals surface area contributed by atoms with Gasteiger partial charge >= 0.3 is 0 Å². The summed E-state index contributed by atoms with van der Waals surface area (Å²) in [6.07, 6.45) is 2.63. The van der Waals surface area contributed by atoms with Crippen LogP contribution in [0, 0.1) is 0 Å². The molecule has 0 bridgehead atoms. The van der Waals surface area contributed by atoms with Crippen LogP contribution in [0.15, 0.2) is 10.9 Å². The van der Waals surface area contributed by atoms with Gasteiger partial charge in [0, 0.05) is 6.42 Å². The Morgan fingerprint density at radius 2 is 2.24 bits per heavy atom. The number of aromatic nitrogens is 2. The van der Waals surface area contributed by atoms with Crippen LogP contribution in [0.1, 0.15) is 25.0 Å². The zero-order valence-electron chi connectivity index (χ0n) is 9.35. The average molecular weight is 257 g/mol. The van der Waals surface area contributed by atoms with Crippen LogP contribution in [0.4, 0.5) is 5.69 Å². The predicted molar refractivity (Wildman–Crippen MR) is 64.4 cm³/mol. The zero-order chi connectivity index (χ0) is 12.5. The van der Waals surface area contributed by atoms with E-state index in [0.29, 0.717) is 18.5 Å². The first-order valence-electron chi connectivity index (χ1n) is 5.55. The van der Waals surface area contributed by atoms with Crippen molar-refractivity contribution >= 4 is 15.5 Å². The lowest BCUT2D eigenvalue weighted by atomic mass is 10.1. The molecule has 1 atom stereocenters. The van der Waals surface area contributed by atoms with E-state index >= 15 is 0 Å². The number of nitrogen functional groups attached to an aromatic ring is 1. The van der Waals surface area contributed by atoms with Gasteiger partial charge < -0.3 is 5.73 Å². The second kappa shape index (κ2) is 4.48. The van der Waals surface area contributed by atoms with E-state index in [0.717, 1.165) is 12.8 Å². The number of sulfone groups is 1. The van der Waals surface area contributed by atoms with Gasteiger partial charge in [-0.1, -0.05) is 6.42 Å². The largest absolute Gasteiger partial charge is 0.394 e. The number of nitrogens with one attached hydrogen (secondary N) is 1. The van der Waals surface area contributed by atoms with Crippen LogP contribution in [0.2, 0.25) is 0 Å². The van der Waals surface area contributed by atoms with Gasteiger partial charge in [-0.05, 0) is 18.9 Å². The van der Waals surface area contributed by atoms with Gasteiger partial charge in [0.15, 0.2) is 9.84 Å². The minimum absolute atomic E-state index is 0.0724. The Morgan fingerprint density at radius 3 is 2.88 bits per heavy atom. The van der Waals surface area contributed by atoms with Crippen LogP contribution < -0.4 is 11.3 Å². The third kappa shape index (κ3) is 2.66. The summed E-state index contributed by atoms with van der Waals surface area (Å²) in [4.78, 5) is 11.0. The van der Waals surface area contributed by atoms with E-state index in [1.807, 2.05) is 0 Å². The topological polar surface area (TPSA) is 106 Å². The van der Waals surface area contributed by atoms with Crippen molar-refractivity contribution in [3.05, 3.63) is 22.1 Å². The normalized spacial score (nSPS) is 23.4. The van der Waals surface area contributed by atoms with Crippen LogP contribution in [-0.2, 0) is 16.3 Å². The van der Waals surface area contributed by atoms with Crippen molar-refractivity contribution < 1.29 is 8.42 Å². The number of hydrogen-bond acceptors (Lipinski definition) is 5. The van der Waals surface area contributed by atoms with Crippen LogP contribution in [0.25, 0.3) is 0 Å². The van der Waals surface area contributed by atoms with Gasteiger partial charge in [0.25, 0.3) is 5.56 Å². The molecule has 0 aromatic carbocycles. The monoisotopic (exact) mass is 257 g/mol. The quantitative estimate of drug-likeness (QED) is 0.767. The standard InChI is InChI=1S/C10H15N3O3S/c11-9-6-7(12-13-10(9)14)5-8-3-1-2-4-17(8,15)16/h6,8H,1-5H2,(H2,11,12)(H,13,14). The number of hydrogen-bond donors (Lipinski definition) is 2. The summed E-state index contributed by atoms with van der Waals surface area (Å²) < 4.78 is 23.6. The molecule has 17 heavy (non-hydrogen) atoms. The predicted octanol–water partition coefficient (Wildman–Crippen LogP) is -0.138. The van der Waals surface area contributed by atoms with Crippen LogP contribution in [-0.4, -0.2) is 29.6 Å². The average Bonchev–Trinajstić information content (AvgIpc) is 2.26. The van der Waals surface area contributed by atoms with Gasteiger partial charge in [0.2, 0.25) is 0 Å². The highest BCUT2D eigenvalue weighted by Crippen LogP contribution is 2.22. The van der Waals surface area contributed by atoms with Gasteiger partial charge in [-0.25, -0.2) is 13.5 Å². The lowest BCUT2D eigenvalue weighted by molar-refractivity contribution is 0.535. The molecular formula is C10H15N3O3S. The van der Waals surface area contributed by atoms with Gasteiger partial charge in [-0.2, -0.15) is 5.10 Å². The molecule has 1 fully saturated rings. The summed E-state index contributed by atoms with van der Waals surface area (Å²) in [5.74, 6) is 0.247. The molecule has 94 valence electrons. The maximum Gasteiger partial charge on any atom is 0.287 e. The van der Waals surface area contributed by atoms with Crippen LogP contribution >= 0.6 is 0 Å². The van der Waals surface area contributed by atoms with E-state index in [1.54, 1.807) is 0 Å². The summed E-state index contributed by atoms with van der Waals surface area (Å²) in [6, 6.07) is 1.45. The molecule has 1 saturated heterocycles. The number of H-pyrrole nitrogens is 1. The van der Waals surface area contributed by atoms with Crippen molar-refractivity contribution in [1.29, 1.82) is 0 Å². The molecular weight excluding hydrogens is 242 g/mol. The molecule has 6 nitrogen and oxygen atoms in total. The minimum Gasteiger partial charge on any atom is -0.394 e. The van der Waals surface area contributed by atoms with Crippen molar-refractivity contribution in [2.75, 3.05) is 11.5 Å². The highest BCUT2D eigenvalue weighted by Gasteiger charge is 2.29. The first-order valence-corrected chi connectivity index (χ1v) is 7.26. The third-order valence-corrected chi connectivity index (χ3v) is 5.31. The van der Waals surface area contributed by atoms with E-state index < -0.39 is 20.6 Å². The molecule has 1 aliphatic rings. The Labute approximate surface area is 99.1 Å². The molecule has 1 aromatic rings. The maximum absolute atomic E-state index is 11.8. The van der Waals surface area contributed by atoms with Crippen molar-refractivity contribution in [2.24, 2.45) is 0 Å². The number of rotatable bonds is 2. The van der Waals surface area contributed by atoms with Crippen LogP contribution in [0.5, 0.6) is 0 Å². The SMILES string of the molecule is Nc1cc(CC2CCCCS2(=O)=O)n[nH]c1=O. The van der Waals surface area contributed by atoms with Crippen LogP contribution in [0.3, 0.4) is 0 Å². The molecule has 2 heterocycles. The fourth-order valence-electron chi connectivity index (χ4n) is 2.05. The number of nitrogens with two attached hydrogens (primary N) is 1. The summed E-state index contributed by atoms with van der Waals surface area (Å²) in [7, 11) is -3.02. The molecule has 0 saturated carbocycles. The first-order chi connectivity index (χ1) is 7.99. The summed E-state index contributed by atoms with van der Waals surface area (Å²) in [5.41, 5.74) is 5.61. The number of aromatic amines is 1. The van der Waals surface area contributed by atoms with Crippen molar-refractivity contribution in [1.82, 2.24) is 10.2 Å². The van der Waals surface area contributed by atoms with E-state index in [2.05, 4.69) is 10.2 Å². The van der Waals surface area contributed by atoms with Crippen molar-refractivity contribution in [2.45, 2.75) is 30.9 Å². The number of nitrogens with zero attached hydrogens (tertiary/aromatic N) is 1. The van der Waals surface area contributed by atoms with E-state index in [1.165, 1.54) is 6.07 Å². The highest BCUT2D eigenvalue weighted by atomic mass is 32.2. The Hall–Kier alpha value is -1.37. The molecule has 3 N–H and O–H groups in total. The fraction of sp³-hybridized carbons (Fsp3) is 0.600. The molecule has 0 spiro atoms. The van der Waals surface area contributed by atoms with Crippen molar-refractivity contribution in [3.8, 4) is 0 Å². The molecule has 0 radical (unpaired) electrons. The molecule has 2 rings (SSSR count). The Kier molecular flexibility index (Phi) is 3.19. The Morgan fingerprint density at radius 1 is 1.47 bits per heavy atom. The summed E-state index contributed by atoms with van der Waals surface area (Å²) in [6.45, 7) is 0. The number of anilines is 1. The third-order valence-electron chi connectivity index (χ3n) is 3.03. The Balaban J connectivity index is 2.20. The van der Waals surface area contributed by atoms with Gasteiger partial charge in [-0.15, -0.1) is 0 Å². The highest BCUT2D eigenvalue weighted by molar-refractivity contribution is 7.92. The smallest absolute Gasteiger partial charge is 0.287 e. The molecule has 1 unspecified atom stereocenters. The second-order valence-corrected chi connectivity index (χ2v) is 6.73. The lowest BCUT2D eigenvalue weighted by Crippen LogP contribution is -2.31. The van der Waals surface area contributed by atoms with E-state index in [-0.39, 0.29) is 11.4 Å². The van der Waals surface area contributed by atoms with E-state index in [4.69, 9.17) is 5.73 Å². The van der Waals surface area contributed by atoms with Gasteiger partial charge in [-0.3, -0.25) is 4.79 Å². The van der Waals surface area contributed by atoms with Gasteiger partial charge in [0.1, 0.15) is 5.69 Å². The fourth-order valence-corrected chi connectivity index (χ4v) is 3.94. The van der Waals surface area contributed by atoms with Crippen molar-refractivity contribution in [3.63, 3.8) is 0 Å². The Bertz CT molecular complexity index is 564. The summed E-state index contributed by atoms with van der Waals surface area (Å²) in [5, 5.41) is 5.68. The molecule has 0 amide bonds. The zero-order valence-corrected chi connectivity index (χ0v) is 10.2. The minimum atomic E-state index is -3.02. The molecule has 0 aliphatic carbocycles. The molecule has 7 heteroatoms. The summed E-state index contributed by atoms with van der Waals surface area (Å²) >= 11 is 0. The molecule has 1 aliphatic heterocycles. The first kappa shape index (κ1) is 12.1. The lowest BCUT2D eigenvalue weighted by Gasteiger charge is -2.21. The maximum atomic E-state index is 11.8. The second-order valence-electron chi connectivity index (χ2n) is 4.33. The van der Waals surface area contributed by atoms with Gasteiger partial charge in [0.05, 0.1) is 16.7 Å². The van der Waals surface area contributed by atoms with E-state index in [9.17, 15) is 13.2 Å².